The van der Waals surface area contributed by atoms with E-state index < -0.39 is 8.38 Å². The summed E-state index contributed by atoms with van der Waals surface area (Å²) in [4.78, 5) is 0. The summed E-state index contributed by atoms with van der Waals surface area (Å²) in [5, 5.41) is 9.74. The maximum absolute atomic E-state index is 8.54. The van der Waals surface area contributed by atoms with Crippen LogP contribution in [0.5, 0.6) is 0 Å². The molecule has 2 N–H and O–H groups in total. The minimum Gasteiger partial charge on any atom is -0.331 e. The molecule has 19 heavy (non-hydrogen) atoms. The van der Waals surface area contributed by atoms with Gasteiger partial charge in [0.05, 0.1) is 25.7 Å². The summed E-state index contributed by atoms with van der Waals surface area (Å²) in [7, 11) is -0.975. The molecule has 0 heterocycles. The number of nitriles is 1. The number of rotatable bonds is 12. The Morgan fingerprint density at radius 1 is 1.21 bits per heavy atom. The highest BCUT2D eigenvalue weighted by molar-refractivity contribution is 7.52. The number of hydrogen-bond donors (Lipinski definition) is 1. The second-order valence-electron chi connectivity index (χ2n) is 4.17. The predicted octanol–water partition coefficient (Wildman–Crippen LogP) is 4.08. The van der Waals surface area contributed by atoms with E-state index in [-0.39, 0.29) is 0 Å². The topological polar surface area (TPSA) is 68.3 Å². The number of hydrogen-bond acceptors (Lipinski definition) is 4. The third-order valence-electron chi connectivity index (χ3n) is 2.66. The van der Waals surface area contributed by atoms with Gasteiger partial charge in [-0.2, -0.15) is 5.26 Å². The number of allylic oxidation sites excluding steroid dienone is 2. The average molecular weight is 286 g/mol. The lowest BCUT2D eigenvalue weighted by Crippen LogP contribution is -1.99. The first-order valence-corrected chi connectivity index (χ1v) is 8.26. The molecule has 0 aliphatic heterocycles. The Morgan fingerprint density at radius 2 is 1.89 bits per heavy atom. The van der Waals surface area contributed by atoms with Crippen molar-refractivity contribution < 1.29 is 9.05 Å². The van der Waals surface area contributed by atoms with E-state index in [0.29, 0.717) is 13.0 Å². The first-order chi connectivity index (χ1) is 9.29. The molecule has 0 saturated carbocycles. The third-order valence-corrected chi connectivity index (χ3v) is 4.54. The Bertz CT molecular complexity index is 277. The lowest BCUT2D eigenvalue weighted by atomic mass is 10.2. The van der Waals surface area contributed by atoms with Gasteiger partial charge in [-0.05, 0) is 32.7 Å². The minimum absolute atomic E-state index is 0.416. The number of nitrogens with two attached hydrogens (primary N) is 1. The molecule has 1 atom stereocenters. The SMILES string of the molecule is C/C=C(/CC)P(OCCC#N)OCCCCCCN. The summed E-state index contributed by atoms with van der Waals surface area (Å²) in [6.07, 6.45) is 7.85. The van der Waals surface area contributed by atoms with E-state index in [0.717, 1.165) is 45.3 Å². The van der Waals surface area contributed by atoms with Gasteiger partial charge in [0.2, 0.25) is 0 Å². The second kappa shape index (κ2) is 14.0. The molecule has 0 aromatic rings. The first kappa shape index (κ1) is 18.5. The Hall–Kier alpha value is -0.460. The summed E-state index contributed by atoms with van der Waals surface area (Å²) in [6, 6.07) is 2.09. The van der Waals surface area contributed by atoms with E-state index in [2.05, 4.69) is 19.1 Å². The van der Waals surface area contributed by atoms with Gasteiger partial charge in [-0.15, -0.1) is 0 Å². The molecule has 0 aromatic carbocycles. The largest absolute Gasteiger partial charge is 0.331 e. The van der Waals surface area contributed by atoms with Crippen molar-refractivity contribution in [3.8, 4) is 6.07 Å². The van der Waals surface area contributed by atoms with E-state index in [4.69, 9.17) is 20.0 Å². The lowest BCUT2D eigenvalue weighted by molar-refractivity contribution is 0.252. The molecule has 0 fully saturated rings. The van der Waals surface area contributed by atoms with Crippen molar-refractivity contribution in [3.05, 3.63) is 11.4 Å². The quantitative estimate of drug-likeness (QED) is 0.433. The molecule has 0 amide bonds. The highest BCUT2D eigenvalue weighted by Gasteiger charge is 2.14. The van der Waals surface area contributed by atoms with Gasteiger partial charge in [-0.3, -0.25) is 0 Å². The van der Waals surface area contributed by atoms with Crippen LogP contribution in [0.4, 0.5) is 0 Å². The summed E-state index contributed by atoms with van der Waals surface area (Å²) >= 11 is 0. The van der Waals surface area contributed by atoms with Crippen LogP contribution in [0.3, 0.4) is 0 Å². The van der Waals surface area contributed by atoms with E-state index in [1.54, 1.807) is 0 Å². The molecule has 0 spiro atoms. The predicted molar refractivity (Wildman–Crippen MR) is 80.6 cm³/mol. The van der Waals surface area contributed by atoms with Gasteiger partial charge in [-0.1, -0.05) is 25.8 Å². The standard InChI is InChI=1S/C14H27N2O2P/c1-3-14(4-2)19(18-13-9-11-16)17-12-8-6-5-7-10-15/h3H,4-10,12-13,15H2,1-2H3/b14-3-. The first-order valence-electron chi connectivity index (χ1n) is 7.08. The fourth-order valence-electron chi connectivity index (χ4n) is 1.56. The summed E-state index contributed by atoms with van der Waals surface area (Å²) < 4.78 is 11.5. The molecule has 5 heteroatoms. The molecule has 0 aliphatic rings. The summed E-state index contributed by atoms with van der Waals surface area (Å²) in [5.74, 6) is 0. The number of unbranched alkanes of at least 4 members (excludes halogenated alkanes) is 3. The van der Waals surface area contributed by atoms with Crippen LogP contribution in [-0.2, 0) is 9.05 Å². The van der Waals surface area contributed by atoms with E-state index in [1.807, 2.05) is 6.92 Å². The molecule has 0 aliphatic carbocycles. The van der Waals surface area contributed by atoms with Crippen LogP contribution in [0.2, 0.25) is 0 Å². The molecule has 0 saturated heterocycles. The van der Waals surface area contributed by atoms with Gasteiger partial charge in [0, 0.05) is 5.31 Å². The Labute approximate surface area is 118 Å². The molecule has 1 unspecified atom stereocenters. The molecule has 110 valence electrons. The zero-order chi connectivity index (χ0) is 14.3. The molecule has 4 nitrogen and oxygen atoms in total. The molecule has 0 radical (unpaired) electrons. The average Bonchev–Trinajstić information content (AvgIpc) is 2.43. The molecule has 0 aromatic heterocycles. The van der Waals surface area contributed by atoms with E-state index >= 15 is 0 Å². The van der Waals surface area contributed by atoms with Crippen molar-refractivity contribution in [2.45, 2.75) is 52.4 Å². The van der Waals surface area contributed by atoms with Crippen molar-refractivity contribution in [1.29, 1.82) is 5.26 Å². The van der Waals surface area contributed by atoms with Crippen molar-refractivity contribution in [2.24, 2.45) is 5.73 Å². The molecule has 0 bridgehead atoms. The summed E-state index contributed by atoms with van der Waals surface area (Å²) in [6.45, 7) is 6.05. The van der Waals surface area contributed by atoms with Gasteiger partial charge >= 0.3 is 0 Å². The van der Waals surface area contributed by atoms with Gasteiger partial charge in [0.1, 0.15) is 0 Å². The molecular weight excluding hydrogens is 259 g/mol. The minimum atomic E-state index is -0.975. The number of nitrogens with zero attached hydrogens (tertiary/aromatic N) is 1. The van der Waals surface area contributed by atoms with Gasteiger partial charge in [-0.25, -0.2) is 0 Å². The van der Waals surface area contributed by atoms with Crippen LogP contribution < -0.4 is 5.73 Å². The maximum atomic E-state index is 8.54. The van der Waals surface area contributed by atoms with Crippen LogP contribution in [0, 0.1) is 11.3 Å². The molecule has 0 rings (SSSR count). The van der Waals surface area contributed by atoms with Crippen LogP contribution in [0.15, 0.2) is 11.4 Å². The second-order valence-corrected chi connectivity index (χ2v) is 5.77. The highest BCUT2D eigenvalue weighted by Crippen LogP contribution is 2.48. The van der Waals surface area contributed by atoms with Gasteiger partial charge in [0.15, 0.2) is 8.38 Å². The molecular formula is C14H27N2O2P. The van der Waals surface area contributed by atoms with Crippen LogP contribution in [0.1, 0.15) is 52.4 Å². The summed E-state index contributed by atoms with van der Waals surface area (Å²) in [5.41, 5.74) is 5.45. The van der Waals surface area contributed by atoms with Crippen molar-refractivity contribution in [1.82, 2.24) is 0 Å². The van der Waals surface area contributed by atoms with E-state index in [9.17, 15) is 0 Å². The monoisotopic (exact) mass is 286 g/mol. The van der Waals surface area contributed by atoms with Gasteiger partial charge < -0.3 is 14.8 Å². The van der Waals surface area contributed by atoms with Gasteiger partial charge in [0.25, 0.3) is 0 Å². The Kier molecular flexibility index (Phi) is 13.6. The van der Waals surface area contributed by atoms with Crippen molar-refractivity contribution in [2.75, 3.05) is 19.8 Å². The normalized spacial score (nSPS) is 13.3. The van der Waals surface area contributed by atoms with Crippen molar-refractivity contribution >= 4 is 8.38 Å². The fraction of sp³-hybridized carbons (Fsp3) is 0.786. The lowest BCUT2D eigenvalue weighted by Gasteiger charge is -2.19. The van der Waals surface area contributed by atoms with E-state index in [1.165, 1.54) is 5.31 Å². The van der Waals surface area contributed by atoms with Crippen LogP contribution >= 0.6 is 8.38 Å². The van der Waals surface area contributed by atoms with Crippen molar-refractivity contribution in [3.63, 3.8) is 0 Å². The third kappa shape index (κ3) is 10.0. The van der Waals surface area contributed by atoms with Crippen LogP contribution in [-0.4, -0.2) is 19.8 Å². The highest BCUT2D eigenvalue weighted by atomic mass is 31.2. The fourth-order valence-corrected chi connectivity index (χ4v) is 2.99. The Morgan fingerprint density at radius 3 is 2.47 bits per heavy atom. The Balaban J connectivity index is 3.95. The maximum Gasteiger partial charge on any atom is 0.200 e. The smallest absolute Gasteiger partial charge is 0.200 e. The van der Waals surface area contributed by atoms with Crippen LogP contribution in [0.25, 0.3) is 0 Å². The zero-order valence-electron chi connectivity index (χ0n) is 12.2. The zero-order valence-corrected chi connectivity index (χ0v) is 13.1.